The number of ether oxygens (including phenoxy) is 1. The second-order valence-corrected chi connectivity index (χ2v) is 8.72. The molecule has 0 saturated carbocycles. The molecule has 1 aliphatic rings. The van der Waals surface area contributed by atoms with Crippen molar-refractivity contribution in [2.24, 2.45) is 0 Å². The van der Waals surface area contributed by atoms with Gasteiger partial charge in [0.1, 0.15) is 0 Å². The van der Waals surface area contributed by atoms with Crippen molar-refractivity contribution in [2.75, 3.05) is 11.5 Å². The third-order valence-corrected chi connectivity index (χ3v) is 6.20. The van der Waals surface area contributed by atoms with Gasteiger partial charge in [-0.2, -0.15) is 0 Å². The van der Waals surface area contributed by atoms with E-state index in [9.17, 15) is 9.59 Å². The highest BCUT2D eigenvalue weighted by molar-refractivity contribution is 6.23. The number of esters is 1. The predicted octanol–water partition coefficient (Wildman–Crippen LogP) is 5.98. The van der Waals surface area contributed by atoms with Gasteiger partial charge in [0.2, 0.25) is 0 Å². The standard InChI is InChI=1S/C29H30N2O3/c1-7-34-29(33)27-22(6)31(24-13-11-18(2)12-14-24)28(32)26(27)17-23-16-20(4)30(21(23)5)25-10-8-9-19(3)15-25/h8-17H,7H2,1-6H3/b26-17-. The number of anilines is 1. The second kappa shape index (κ2) is 9.18. The Morgan fingerprint density at radius 3 is 2.26 bits per heavy atom. The Morgan fingerprint density at radius 2 is 1.62 bits per heavy atom. The molecule has 2 aromatic carbocycles. The lowest BCUT2D eigenvalue weighted by Crippen LogP contribution is -2.24. The van der Waals surface area contributed by atoms with Gasteiger partial charge in [-0.3, -0.25) is 9.69 Å². The van der Waals surface area contributed by atoms with Crippen LogP contribution in [0.15, 0.2) is 71.4 Å². The Balaban J connectivity index is 1.85. The maximum absolute atomic E-state index is 13.6. The van der Waals surface area contributed by atoms with Crippen molar-refractivity contribution in [1.29, 1.82) is 0 Å². The number of aryl methyl sites for hydroxylation is 3. The largest absolute Gasteiger partial charge is 0.462 e. The summed E-state index contributed by atoms with van der Waals surface area (Å²) in [6.45, 7) is 11.9. The minimum atomic E-state index is -0.485. The first-order valence-electron chi connectivity index (χ1n) is 11.5. The smallest absolute Gasteiger partial charge is 0.340 e. The summed E-state index contributed by atoms with van der Waals surface area (Å²) >= 11 is 0. The number of hydrogen-bond acceptors (Lipinski definition) is 3. The lowest BCUT2D eigenvalue weighted by molar-refractivity contribution is -0.138. The first-order chi connectivity index (χ1) is 16.2. The van der Waals surface area contributed by atoms with Crippen molar-refractivity contribution in [1.82, 2.24) is 4.57 Å². The van der Waals surface area contributed by atoms with Crippen LogP contribution in [-0.2, 0) is 14.3 Å². The molecule has 0 N–H and O–H groups in total. The Labute approximate surface area is 201 Å². The van der Waals surface area contributed by atoms with E-state index in [0.29, 0.717) is 16.8 Å². The van der Waals surface area contributed by atoms with Gasteiger partial charge >= 0.3 is 5.97 Å². The maximum Gasteiger partial charge on any atom is 0.340 e. The summed E-state index contributed by atoms with van der Waals surface area (Å²) < 4.78 is 7.50. The first kappa shape index (κ1) is 23.3. The minimum Gasteiger partial charge on any atom is -0.462 e. The van der Waals surface area contributed by atoms with E-state index in [4.69, 9.17) is 4.74 Å². The lowest BCUT2D eigenvalue weighted by atomic mass is 10.0. The molecule has 4 rings (SSSR count). The van der Waals surface area contributed by atoms with E-state index in [1.807, 2.05) is 63.2 Å². The van der Waals surface area contributed by atoms with Gasteiger partial charge in [-0.05, 0) is 89.1 Å². The number of nitrogens with zero attached hydrogens (tertiary/aromatic N) is 2. The van der Waals surface area contributed by atoms with Gasteiger partial charge < -0.3 is 9.30 Å². The number of aromatic nitrogens is 1. The summed E-state index contributed by atoms with van der Waals surface area (Å²) in [5.74, 6) is -0.716. The topological polar surface area (TPSA) is 51.5 Å². The van der Waals surface area contributed by atoms with Crippen LogP contribution >= 0.6 is 0 Å². The molecule has 0 unspecified atom stereocenters. The van der Waals surface area contributed by atoms with Crippen molar-refractivity contribution in [3.63, 3.8) is 0 Å². The van der Waals surface area contributed by atoms with E-state index in [1.165, 1.54) is 5.56 Å². The Kier molecular flexibility index (Phi) is 6.29. The van der Waals surface area contributed by atoms with Gasteiger partial charge in [-0.25, -0.2) is 4.79 Å². The molecule has 2 heterocycles. The highest BCUT2D eigenvalue weighted by Gasteiger charge is 2.38. The minimum absolute atomic E-state index is 0.232. The normalized spacial score (nSPS) is 14.9. The molecule has 1 aliphatic heterocycles. The van der Waals surface area contributed by atoms with Crippen molar-refractivity contribution in [2.45, 2.75) is 41.5 Å². The van der Waals surface area contributed by atoms with Gasteiger partial charge in [-0.15, -0.1) is 0 Å². The molecule has 34 heavy (non-hydrogen) atoms. The first-order valence-corrected chi connectivity index (χ1v) is 11.5. The summed E-state index contributed by atoms with van der Waals surface area (Å²) in [4.78, 5) is 28.2. The maximum atomic E-state index is 13.6. The fraction of sp³-hybridized carbons (Fsp3) is 0.241. The molecule has 1 amide bonds. The van der Waals surface area contributed by atoms with Crippen LogP contribution in [0.4, 0.5) is 5.69 Å². The van der Waals surface area contributed by atoms with Gasteiger partial charge in [0.15, 0.2) is 0 Å². The quantitative estimate of drug-likeness (QED) is 0.352. The van der Waals surface area contributed by atoms with Crippen LogP contribution < -0.4 is 4.90 Å². The van der Waals surface area contributed by atoms with Crippen LogP contribution in [0.2, 0.25) is 0 Å². The van der Waals surface area contributed by atoms with E-state index in [2.05, 4.69) is 29.7 Å². The Hall–Kier alpha value is -3.86. The number of rotatable bonds is 5. The molecular weight excluding hydrogens is 424 g/mol. The van der Waals surface area contributed by atoms with E-state index in [-0.39, 0.29) is 12.5 Å². The number of allylic oxidation sites excluding steroid dienone is 1. The van der Waals surface area contributed by atoms with E-state index in [0.717, 1.165) is 33.9 Å². The second-order valence-electron chi connectivity index (χ2n) is 8.72. The molecule has 3 aromatic rings. The molecule has 0 spiro atoms. The Bertz CT molecular complexity index is 1340. The van der Waals surface area contributed by atoms with E-state index < -0.39 is 5.97 Å². The molecule has 5 nitrogen and oxygen atoms in total. The predicted molar refractivity (Wildman–Crippen MR) is 136 cm³/mol. The molecule has 0 bridgehead atoms. The van der Waals surface area contributed by atoms with Crippen LogP contribution in [0.3, 0.4) is 0 Å². The summed E-state index contributed by atoms with van der Waals surface area (Å²) in [7, 11) is 0. The highest BCUT2D eigenvalue weighted by atomic mass is 16.5. The molecule has 0 atom stereocenters. The molecule has 1 aromatic heterocycles. The van der Waals surface area contributed by atoms with Crippen LogP contribution in [0.1, 0.15) is 41.9 Å². The molecular formula is C29H30N2O3. The highest BCUT2D eigenvalue weighted by Crippen LogP contribution is 2.36. The van der Waals surface area contributed by atoms with Crippen LogP contribution in [0, 0.1) is 27.7 Å². The van der Waals surface area contributed by atoms with Gasteiger partial charge in [0.05, 0.1) is 17.8 Å². The average molecular weight is 455 g/mol. The SMILES string of the molecule is CCOC(=O)C1=C(C)N(c2ccc(C)cc2)C(=O)/C1=C\c1cc(C)n(-c2cccc(C)c2)c1C. The number of carbonyl (C=O) groups is 2. The van der Waals surface area contributed by atoms with Crippen LogP contribution in [0.5, 0.6) is 0 Å². The fourth-order valence-corrected chi connectivity index (χ4v) is 4.54. The third kappa shape index (κ3) is 4.10. The van der Waals surface area contributed by atoms with Crippen molar-refractivity contribution in [3.8, 4) is 5.69 Å². The Morgan fingerprint density at radius 1 is 0.912 bits per heavy atom. The zero-order valence-corrected chi connectivity index (χ0v) is 20.6. The van der Waals surface area contributed by atoms with Gasteiger partial charge in [0.25, 0.3) is 5.91 Å². The zero-order valence-electron chi connectivity index (χ0n) is 20.6. The summed E-state index contributed by atoms with van der Waals surface area (Å²) in [6, 6.07) is 18.0. The molecule has 5 heteroatoms. The van der Waals surface area contributed by atoms with Crippen LogP contribution in [0.25, 0.3) is 11.8 Å². The monoisotopic (exact) mass is 454 g/mol. The van der Waals surface area contributed by atoms with Crippen LogP contribution in [-0.4, -0.2) is 23.1 Å². The lowest BCUT2D eigenvalue weighted by Gasteiger charge is -2.18. The summed E-state index contributed by atoms with van der Waals surface area (Å²) in [5, 5.41) is 0. The van der Waals surface area contributed by atoms with Crippen molar-refractivity contribution < 1.29 is 14.3 Å². The number of hydrogen-bond donors (Lipinski definition) is 0. The molecule has 0 saturated heterocycles. The summed E-state index contributed by atoms with van der Waals surface area (Å²) in [5.41, 5.74) is 8.24. The van der Waals surface area contributed by atoms with E-state index >= 15 is 0 Å². The zero-order chi connectivity index (χ0) is 24.6. The molecule has 0 aliphatic carbocycles. The van der Waals surface area contributed by atoms with Crippen molar-refractivity contribution >= 4 is 23.6 Å². The molecule has 0 fully saturated rings. The van der Waals surface area contributed by atoms with Crippen molar-refractivity contribution in [3.05, 3.63) is 99.5 Å². The average Bonchev–Trinajstić information content (AvgIpc) is 3.20. The summed E-state index contributed by atoms with van der Waals surface area (Å²) in [6.07, 6.45) is 1.82. The third-order valence-electron chi connectivity index (χ3n) is 6.20. The number of amides is 1. The number of benzene rings is 2. The molecule has 0 radical (unpaired) electrons. The van der Waals surface area contributed by atoms with E-state index in [1.54, 1.807) is 18.7 Å². The van der Waals surface area contributed by atoms with Gasteiger partial charge in [0, 0.05) is 28.5 Å². The number of carbonyl (C=O) groups excluding carboxylic acids is 2. The fourth-order valence-electron chi connectivity index (χ4n) is 4.54. The molecule has 174 valence electrons. The van der Waals surface area contributed by atoms with Gasteiger partial charge in [-0.1, -0.05) is 29.8 Å².